The second kappa shape index (κ2) is 6.28. The molecule has 1 aromatic rings. The van der Waals surface area contributed by atoms with E-state index in [9.17, 15) is 9.59 Å². The molecule has 0 aliphatic carbocycles. The number of amides is 3. The van der Waals surface area contributed by atoms with Gasteiger partial charge in [-0.2, -0.15) is 0 Å². The van der Waals surface area contributed by atoms with E-state index in [1.54, 1.807) is 12.1 Å². The number of nitrogens with one attached hydrogen (secondary N) is 1. The lowest BCUT2D eigenvalue weighted by Gasteiger charge is -2.21. The van der Waals surface area contributed by atoms with Crippen molar-refractivity contribution < 1.29 is 19.1 Å². The second-order valence-corrected chi connectivity index (χ2v) is 6.57. The summed E-state index contributed by atoms with van der Waals surface area (Å²) in [7, 11) is 0. The van der Waals surface area contributed by atoms with Crippen molar-refractivity contribution in [2.75, 3.05) is 13.2 Å². The van der Waals surface area contributed by atoms with Crippen molar-refractivity contribution in [1.29, 1.82) is 0 Å². The summed E-state index contributed by atoms with van der Waals surface area (Å²) < 4.78 is 11.0. The Hall–Kier alpha value is -1.95. The molecule has 6 nitrogen and oxygen atoms in total. The van der Waals surface area contributed by atoms with Crippen molar-refractivity contribution in [3.8, 4) is 11.5 Å². The number of hydrogen-bond donors (Lipinski definition) is 1. The largest absolute Gasteiger partial charge is 0.486 e. The molecule has 7 heteroatoms. The number of rotatable bonds is 4. The van der Waals surface area contributed by atoms with Gasteiger partial charge >= 0.3 is 6.03 Å². The second-order valence-electron chi connectivity index (χ2n) is 6.16. The van der Waals surface area contributed by atoms with Crippen LogP contribution in [-0.2, 0) is 11.3 Å². The molecular weight excluding hydrogens is 320 g/mol. The monoisotopic (exact) mass is 338 g/mol. The lowest BCUT2D eigenvalue weighted by molar-refractivity contribution is -0.128. The van der Waals surface area contributed by atoms with E-state index in [1.165, 1.54) is 4.90 Å². The van der Waals surface area contributed by atoms with E-state index in [0.29, 0.717) is 42.1 Å². The summed E-state index contributed by atoms with van der Waals surface area (Å²) in [5.41, 5.74) is 0.730. The van der Waals surface area contributed by atoms with E-state index in [2.05, 4.69) is 5.32 Å². The first-order chi connectivity index (χ1) is 11.0. The molecule has 3 rings (SSSR count). The molecule has 2 heterocycles. The fourth-order valence-corrected chi connectivity index (χ4v) is 3.08. The van der Waals surface area contributed by atoms with Crippen LogP contribution < -0.4 is 14.8 Å². The normalized spacial score (nSPS) is 20.2. The number of carbonyl (C=O) groups excluding carboxylic acids is 2. The maximum Gasteiger partial charge on any atom is 0.325 e. The van der Waals surface area contributed by atoms with Crippen LogP contribution in [0, 0.1) is 5.92 Å². The Morgan fingerprint density at radius 1 is 1.30 bits per heavy atom. The first-order valence-corrected chi connectivity index (χ1v) is 8.03. The minimum Gasteiger partial charge on any atom is -0.486 e. The van der Waals surface area contributed by atoms with Crippen molar-refractivity contribution in [3.05, 3.63) is 22.7 Å². The molecule has 0 saturated carbocycles. The summed E-state index contributed by atoms with van der Waals surface area (Å²) in [5.74, 6) is 1.18. The molecule has 0 radical (unpaired) electrons. The van der Waals surface area contributed by atoms with Crippen LogP contribution in [0.2, 0.25) is 5.02 Å². The number of halogens is 1. The highest BCUT2D eigenvalue weighted by atomic mass is 35.5. The van der Waals surface area contributed by atoms with Gasteiger partial charge in [-0.15, -0.1) is 0 Å². The van der Waals surface area contributed by atoms with Crippen molar-refractivity contribution in [1.82, 2.24) is 10.2 Å². The maximum atomic E-state index is 12.4. The summed E-state index contributed by atoms with van der Waals surface area (Å²) >= 11 is 6.19. The summed E-state index contributed by atoms with van der Waals surface area (Å²) in [5, 5.41) is 3.15. The molecule has 0 aromatic heterocycles. The van der Waals surface area contributed by atoms with Crippen LogP contribution >= 0.6 is 11.6 Å². The Bertz CT molecular complexity index is 647. The molecule has 124 valence electrons. The van der Waals surface area contributed by atoms with Gasteiger partial charge in [0.2, 0.25) is 0 Å². The van der Waals surface area contributed by atoms with Gasteiger partial charge in [0.05, 0.1) is 11.6 Å². The Morgan fingerprint density at radius 3 is 2.78 bits per heavy atom. The molecule has 0 unspecified atom stereocenters. The average Bonchev–Trinajstić information content (AvgIpc) is 2.74. The first kappa shape index (κ1) is 15.9. The summed E-state index contributed by atoms with van der Waals surface area (Å²) in [6, 6.07) is 2.64. The predicted molar refractivity (Wildman–Crippen MR) is 84.8 cm³/mol. The molecule has 1 fully saturated rings. The third-order valence-corrected chi connectivity index (χ3v) is 4.09. The van der Waals surface area contributed by atoms with Gasteiger partial charge < -0.3 is 14.8 Å². The van der Waals surface area contributed by atoms with E-state index in [-0.39, 0.29) is 18.5 Å². The smallest absolute Gasteiger partial charge is 0.325 e. The van der Waals surface area contributed by atoms with Crippen molar-refractivity contribution in [2.24, 2.45) is 5.92 Å². The van der Waals surface area contributed by atoms with E-state index in [4.69, 9.17) is 21.1 Å². The third-order valence-electron chi connectivity index (χ3n) is 3.81. The van der Waals surface area contributed by atoms with Gasteiger partial charge in [-0.25, -0.2) is 4.79 Å². The molecule has 3 amide bonds. The van der Waals surface area contributed by atoms with Gasteiger partial charge in [0.25, 0.3) is 5.91 Å². The highest BCUT2D eigenvalue weighted by Crippen LogP contribution is 2.38. The Labute approximate surface area is 139 Å². The molecule has 0 spiro atoms. The fraction of sp³-hybridized carbons (Fsp3) is 0.500. The summed E-state index contributed by atoms with van der Waals surface area (Å²) in [6.07, 6.45) is 0.628. The van der Waals surface area contributed by atoms with E-state index >= 15 is 0 Å². The highest BCUT2D eigenvalue weighted by molar-refractivity contribution is 6.32. The number of carbonyl (C=O) groups is 2. The highest BCUT2D eigenvalue weighted by Gasteiger charge is 2.38. The number of nitrogens with zero attached hydrogens (tertiary/aromatic N) is 1. The van der Waals surface area contributed by atoms with Gasteiger partial charge in [0.1, 0.15) is 19.3 Å². The predicted octanol–water partition coefficient (Wildman–Crippen LogP) is 2.58. The molecule has 2 aliphatic heterocycles. The number of imide groups is 1. The number of benzene rings is 1. The summed E-state index contributed by atoms with van der Waals surface area (Å²) in [4.78, 5) is 25.7. The number of urea groups is 1. The fourth-order valence-electron chi connectivity index (χ4n) is 2.80. The van der Waals surface area contributed by atoms with Crippen LogP contribution in [0.1, 0.15) is 25.8 Å². The average molecular weight is 339 g/mol. The van der Waals surface area contributed by atoms with Crippen molar-refractivity contribution in [3.63, 3.8) is 0 Å². The van der Waals surface area contributed by atoms with Gasteiger partial charge in [-0.1, -0.05) is 25.4 Å². The van der Waals surface area contributed by atoms with E-state index in [1.807, 2.05) is 13.8 Å². The number of ether oxygens (including phenoxy) is 2. The minimum absolute atomic E-state index is 0.162. The van der Waals surface area contributed by atoms with Crippen LogP contribution in [-0.4, -0.2) is 36.1 Å². The molecule has 0 bridgehead atoms. The lowest BCUT2D eigenvalue weighted by atomic mass is 10.0. The minimum atomic E-state index is -0.449. The van der Waals surface area contributed by atoms with Gasteiger partial charge in [-0.3, -0.25) is 9.69 Å². The van der Waals surface area contributed by atoms with Crippen molar-refractivity contribution in [2.45, 2.75) is 32.9 Å². The third kappa shape index (κ3) is 3.22. The zero-order chi connectivity index (χ0) is 16.6. The van der Waals surface area contributed by atoms with E-state index < -0.39 is 6.04 Å². The van der Waals surface area contributed by atoms with Gasteiger partial charge in [-0.05, 0) is 30.0 Å². The molecule has 1 aromatic carbocycles. The van der Waals surface area contributed by atoms with Crippen LogP contribution in [0.15, 0.2) is 12.1 Å². The van der Waals surface area contributed by atoms with Crippen LogP contribution in [0.3, 0.4) is 0 Å². The molecule has 23 heavy (non-hydrogen) atoms. The molecule has 1 atom stereocenters. The van der Waals surface area contributed by atoms with Crippen molar-refractivity contribution >= 4 is 23.5 Å². The molecule has 2 aliphatic rings. The van der Waals surface area contributed by atoms with Crippen LogP contribution in [0.5, 0.6) is 11.5 Å². The molecular formula is C16H19ClN2O4. The Kier molecular flexibility index (Phi) is 4.35. The first-order valence-electron chi connectivity index (χ1n) is 7.65. The van der Waals surface area contributed by atoms with Gasteiger partial charge in [0, 0.05) is 0 Å². The zero-order valence-electron chi connectivity index (χ0n) is 13.1. The lowest BCUT2D eigenvalue weighted by Crippen LogP contribution is -2.31. The standard InChI is InChI=1S/C16H19ClN2O4/c1-9(2)5-12-15(20)19(16(21)18-12)8-10-6-11(17)14-13(7-10)22-3-4-23-14/h6-7,9,12H,3-5,8H2,1-2H3,(H,18,21)/t12-/m1/s1. The van der Waals surface area contributed by atoms with E-state index in [0.717, 1.165) is 5.56 Å². The Morgan fingerprint density at radius 2 is 2.04 bits per heavy atom. The topological polar surface area (TPSA) is 67.9 Å². The molecule has 1 N–H and O–H groups in total. The Balaban J connectivity index is 1.78. The number of fused-ring (bicyclic) bond motifs is 1. The van der Waals surface area contributed by atoms with Gasteiger partial charge in [0.15, 0.2) is 11.5 Å². The maximum absolute atomic E-state index is 12.4. The quantitative estimate of drug-likeness (QED) is 0.857. The number of hydrogen-bond acceptors (Lipinski definition) is 4. The zero-order valence-corrected chi connectivity index (χ0v) is 13.9. The SMILES string of the molecule is CC(C)C[C@H]1NC(=O)N(Cc2cc(Cl)c3c(c2)OCCO3)C1=O. The molecule has 1 saturated heterocycles. The summed E-state index contributed by atoms with van der Waals surface area (Å²) in [6.45, 7) is 5.10. The van der Waals surface area contributed by atoms with Crippen LogP contribution in [0.25, 0.3) is 0 Å². The van der Waals surface area contributed by atoms with Crippen LogP contribution in [0.4, 0.5) is 4.79 Å².